The lowest BCUT2D eigenvalue weighted by Crippen LogP contribution is -2.26. The van der Waals surface area contributed by atoms with Crippen LogP contribution in [0.15, 0.2) is 72.4 Å². The quantitative estimate of drug-likeness (QED) is 0.390. The summed E-state index contributed by atoms with van der Waals surface area (Å²) in [6, 6.07) is 9.81. The van der Waals surface area contributed by atoms with Crippen molar-refractivity contribution in [1.29, 1.82) is 0 Å². The molecule has 1 aliphatic rings. The maximum absolute atomic E-state index is 4.12. The second-order valence-corrected chi connectivity index (χ2v) is 9.19. The Morgan fingerprint density at radius 3 is 2.38 bits per heavy atom. The van der Waals surface area contributed by atoms with Gasteiger partial charge in [-0.2, -0.15) is 0 Å². The smallest absolute Gasteiger partial charge is 0.0143 e. The minimum atomic E-state index is 0.0597. The van der Waals surface area contributed by atoms with Crippen LogP contribution >= 0.6 is 0 Å². The van der Waals surface area contributed by atoms with Crippen LogP contribution in [0.3, 0.4) is 0 Å². The molecule has 0 saturated carbocycles. The van der Waals surface area contributed by atoms with Crippen LogP contribution in [-0.2, 0) is 11.8 Å². The third kappa shape index (κ3) is 6.57. The van der Waals surface area contributed by atoms with E-state index < -0.39 is 0 Å². The largest absolute Gasteiger partial charge is 0.317 e. The van der Waals surface area contributed by atoms with Gasteiger partial charge in [-0.05, 0) is 75.1 Å². The molecule has 0 heterocycles. The van der Waals surface area contributed by atoms with Crippen molar-refractivity contribution in [3.63, 3.8) is 0 Å². The summed E-state index contributed by atoms with van der Waals surface area (Å²) in [5.41, 5.74) is 6.60. The van der Waals surface area contributed by atoms with Gasteiger partial charge in [0, 0.05) is 11.5 Å². The number of hydrogen-bond donors (Lipinski definition) is 1. The predicted octanol–water partition coefficient (Wildman–Crippen LogP) is 7.31. The van der Waals surface area contributed by atoms with Gasteiger partial charge in [-0.1, -0.05) is 87.6 Å². The number of aryl methyl sites for hydroxylation is 1. The van der Waals surface area contributed by atoms with Crippen LogP contribution < -0.4 is 5.32 Å². The monoisotopic (exact) mass is 391 g/mol. The van der Waals surface area contributed by atoms with Gasteiger partial charge in [-0.25, -0.2) is 0 Å². The first-order valence-corrected chi connectivity index (χ1v) is 11.3. The SMILES string of the molecule is C=C(C)C(=C)CCC(CCc1ccc(C(C)(C)C2=CCC(CC)C=C2)cc1)NC. The molecular weight excluding hydrogens is 350 g/mol. The van der Waals surface area contributed by atoms with E-state index in [0.717, 1.165) is 31.3 Å². The molecule has 0 bridgehead atoms. The van der Waals surface area contributed by atoms with Gasteiger partial charge >= 0.3 is 0 Å². The van der Waals surface area contributed by atoms with E-state index in [4.69, 9.17) is 0 Å². The van der Waals surface area contributed by atoms with Crippen molar-refractivity contribution in [1.82, 2.24) is 5.32 Å². The number of benzene rings is 1. The zero-order valence-corrected chi connectivity index (χ0v) is 19.4. The summed E-state index contributed by atoms with van der Waals surface area (Å²) in [6.07, 6.45) is 14.0. The van der Waals surface area contributed by atoms with Gasteiger partial charge in [-0.15, -0.1) is 0 Å². The van der Waals surface area contributed by atoms with E-state index in [9.17, 15) is 0 Å². The van der Waals surface area contributed by atoms with E-state index in [2.05, 4.69) is 88.8 Å². The van der Waals surface area contributed by atoms with Gasteiger partial charge in [0.1, 0.15) is 0 Å². The fourth-order valence-electron chi connectivity index (χ4n) is 4.02. The molecule has 1 aliphatic carbocycles. The summed E-state index contributed by atoms with van der Waals surface area (Å²) in [7, 11) is 2.06. The number of rotatable bonds is 11. The molecule has 1 N–H and O–H groups in total. The Labute approximate surface area is 179 Å². The molecule has 0 amide bonds. The van der Waals surface area contributed by atoms with Gasteiger partial charge < -0.3 is 5.32 Å². The Kier molecular flexibility index (Phi) is 8.71. The Morgan fingerprint density at radius 2 is 1.86 bits per heavy atom. The molecule has 0 aromatic heterocycles. The molecule has 0 fully saturated rings. The van der Waals surface area contributed by atoms with Crippen molar-refractivity contribution in [3.8, 4) is 0 Å². The maximum Gasteiger partial charge on any atom is 0.0143 e. The molecule has 1 nitrogen and oxygen atoms in total. The molecule has 0 saturated heterocycles. The minimum absolute atomic E-state index is 0.0597. The zero-order chi connectivity index (χ0) is 21.4. The number of nitrogens with one attached hydrogen (secondary N) is 1. The first kappa shape index (κ1) is 23.4. The van der Waals surface area contributed by atoms with E-state index in [1.807, 2.05) is 6.92 Å². The third-order valence-electron chi connectivity index (χ3n) is 6.70. The van der Waals surface area contributed by atoms with E-state index in [-0.39, 0.29) is 5.41 Å². The molecule has 1 aromatic rings. The van der Waals surface area contributed by atoms with Gasteiger partial charge in [0.15, 0.2) is 0 Å². The third-order valence-corrected chi connectivity index (χ3v) is 6.70. The number of allylic oxidation sites excluding steroid dienone is 6. The van der Waals surface area contributed by atoms with Gasteiger partial charge in [-0.3, -0.25) is 0 Å². The van der Waals surface area contributed by atoms with E-state index in [1.54, 1.807) is 0 Å². The van der Waals surface area contributed by atoms with E-state index in [1.165, 1.54) is 35.1 Å². The minimum Gasteiger partial charge on any atom is -0.317 e. The van der Waals surface area contributed by atoms with Crippen LogP contribution in [0, 0.1) is 5.92 Å². The van der Waals surface area contributed by atoms with Crippen molar-refractivity contribution in [3.05, 3.63) is 83.5 Å². The molecular formula is C28H41N. The highest BCUT2D eigenvalue weighted by molar-refractivity contribution is 5.42. The van der Waals surface area contributed by atoms with Crippen molar-refractivity contribution < 1.29 is 0 Å². The fraction of sp³-hybridized carbons (Fsp3) is 0.500. The molecule has 1 aromatic carbocycles. The summed E-state index contributed by atoms with van der Waals surface area (Å²) >= 11 is 0. The Balaban J connectivity index is 1.94. The first-order valence-electron chi connectivity index (χ1n) is 11.3. The summed E-state index contributed by atoms with van der Waals surface area (Å²) in [4.78, 5) is 0. The zero-order valence-electron chi connectivity index (χ0n) is 19.4. The van der Waals surface area contributed by atoms with E-state index in [0.29, 0.717) is 12.0 Å². The molecule has 2 unspecified atom stereocenters. The average molecular weight is 392 g/mol. The standard InChI is InChI=1S/C28H41N/c1-8-23-10-15-25(16-11-23)28(5,6)26-17-12-24(13-18-26)14-20-27(29-7)19-9-22(4)21(2)3/h10,12-13,15-18,23,27,29H,2,4,8-9,11,14,19-20H2,1,3,5-7H3. The van der Waals surface area contributed by atoms with E-state index >= 15 is 0 Å². The molecule has 1 heteroatoms. The van der Waals surface area contributed by atoms with Crippen molar-refractivity contribution >= 4 is 0 Å². The second-order valence-electron chi connectivity index (χ2n) is 9.19. The topological polar surface area (TPSA) is 12.0 Å². The summed E-state index contributed by atoms with van der Waals surface area (Å²) in [6.45, 7) is 17.1. The van der Waals surface area contributed by atoms with Crippen LogP contribution in [0.1, 0.15) is 70.9 Å². The lowest BCUT2D eigenvalue weighted by Gasteiger charge is -2.30. The first-order chi connectivity index (χ1) is 13.8. The van der Waals surface area contributed by atoms with Crippen molar-refractivity contribution in [2.24, 2.45) is 5.92 Å². The lowest BCUT2D eigenvalue weighted by atomic mass is 9.74. The molecule has 0 aliphatic heterocycles. The van der Waals surface area contributed by atoms with Crippen molar-refractivity contribution in [2.45, 2.75) is 77.7 Å². The Morgan fingerprint density at radius 1 is 1.17 bits per heavy atom. The van der Waals surface area contributed by atoms with Crippen LogP contribution in [0.2, 0.25) is 0 Å². The summed E-state index contributed by atoms with van der Waals surface area (Å²) < 4.78 is 0. The molecule has 29 heavy (non-hydrogen) atoms. The average Bonchev–Trinajstić information content (AvgIpc) is 2.73. The maximum atomic E-state index is 4.12. The van der Waals surface area contributed by atoms with Gasteiger partial charge in [0.25, 0.3) is 0 Å². The Hall–Kier alpha value is -1.86. The highest BCUT2D eigenvalue weighted by Crippen LogP contribution is 2.35. The summed E-state index contributed by atoms with van der Waals surface area (Å²) in [5, 5.41) is 3.47. The van der Waals surface area contributed by atoms with Crippen LogP contribution in [-0.4, -0.2) is 13.1 Å². The van der Waals surface area contributed by atoms with Crippen LogP contribution in [0.25, 0.3) is 0 Å². The molecule has 0 radical (unpaired) electrons. The molecule has 0 spiro atoms. The molecule has 2 rings (SSSR count). The van der Waals surface area contributed by atoms with Gasteiger partial charge in [0.2, 0.25) is 0 Å². The normalized spacial score (nSPS) is 17.7. The number of hydrogen-bond acceptors (Lipinski definition) is 1. The fourth-order valence-corrected chi connectivity index (χ4v) is 4.02. The highest BCUT2D eigenvalue weighted by Gasteiger charge is 2.25. The second kappa shape index (κ2) is 10.8. The van der Waals surface area contributed by atoms with Crippen LogP contribution in [0.5, 0.6) is 0 Å². The lowest BCUT2D eigenvalue weighted by molar-refractivity contribution is 0.489. The summed E-state index contributed by atoms with van der Waals surface area (Å²) in [5.74, 6) is 0.713. The predicted molar refractivity (Wildman–Crippen MR) is 129 cm³/mol. The Bertz CT molecular complexity index is 745. The highest BCUT2D eigenvalue weighted by atomic mass is 14.9. The van der Waals surface area contributed by atoms with Crippen molar-refractivity contribution in [2.75, 3.05) is 7.05 Å². The van der Waals surface area contributed by atoms with Crippen LogP contribution in [0.4, 0.5) is 0 Å². The molecule has 158 valence electrons. The molecule has 2 atom stereocenters. The van der Waals surface area contributed by atoms with Gasteiger partial charge in [0.05, 0.1) is 0 Å².